The van der Waals surface area contributed by atoms with E-state index in [1.165, 1.54) is 6.07 Å². The molecule has 0 unspecified atom stereocenters. The molecule has 1 aromatic carbocycles. The lowest BCUT2D eigenvalue weighted by Gasteiger charge is -2.11. The fourth-order valence-electron chi connectivity index (χ4n) is 1.62. The molecule has 2 rings (SSSR count). The predicted molar refractivity (Wildman–Crippen MR) is 76.7 cm³/mol. The first-order chi connectivity index (χ1) is 8.99. The summed E-state index contributed by atoms with van der Waals surface area (Å²) < 4.78 is 14.0. The Morgan fingerprint density at radius 1 is 1.16 bits per heavy atom. The molecule has 4 N–H and O–H groups in total. The van der Waals surface area contributed by atoms with Crippen LogP contribution < -0.4 is 16.6 Å². The molecule has 0 atom stereocenters. The largest absolute Gasteiger partial charge is 0.340 e. The van der Waals surface area contributed by atoms with Gasteiger partial charge in [-0.1, -0.05) is 0 Å². The average molecular weight is 326 g/mol. The smallest absolute Gasteiger partial charge is 0.145 e. The van der Waals surface area contributed by atoms with Crippen molar-refractivity contribution in [3.05, 3.63) is 39.9 Å². The van der Waals surface area contributed by atoms with Crippen LogP contribution in [-0.4, -0.2) is 9.97 Å². The molecule has 0 aliphatic rings. The summed E-state index contributed by atoms with van der Waals surface area (Å²) in [6, 6.07) is 4.76. The summed E-state index contributed by atoms with van der Waals surface area (Å²) >= 11 is 3.15. The predicted octanol–water partition coefficient (Wildman–Crippen LogP) is 3.02. The lowest BCUT2D eigenvalue weighted by atomic mass is 10.2. The first-order valence-corrected chi connectivity index (χ1v) is 6.34. The number of hydrogen-bond donors (Lipinski definition) is 3. The summed E-state index contributed by atoms with van der Waals surface area (Å²) in [7, 11) is 0. The molecule has 0 fully saturated rings. The second-order valence-electron chi connectivity index (χ2n) is 4.04. The molecule has 0 amide bonds. The molecule has 0 bridgehead atoms. The second-order valence-corrected chi connectivity index (χ2v) is 4.89. The number of hydrazine groups is 1. The monoisotopic (exact) mass is 325 g/mol. The van der Waals surface area contributed by atoms with Gasteiger partial charge in [-0.2, -0.15) is 0 Å². The first-order valence-electron chi connectivity index (χ1n) is 5.54. The lowest BCUT2D eigenvalue weighted by molar-refractivity contribution is 0.621. The van der Waals surface area contributed by atoms with Crippen molar-refractivity contribution < 1.29 is 4.39 Å². The number of anilines is 3. The van der Waals surface area contributed by atoms with Gasteiger partial charge < -0.3 is 10.7 Å². The fourth-order valence-corrected chi connectivity index (χ4v) is 2.08. The van der Waals surface area contributed by atoms with Crippen LogP contribution in [0.2, 0.25) is 0 Å². The minimum absolute atomic E-state index is 0.337. The summed E-state index contributed by atoms with van der Waals surface area (Å²) in [5.41, 5.74) is 3.99. The van der Waals surface area contributed by atoms with Crippen LogP contribution in [0.15, 0.2) is 22.7 Å². The molecule has 0 radical (unpaired) electrons. The number of aromatic nitrogens is 2. The third kappa shape index (κ3) is 3.18. The van der Waals surface area contributed by atoms with Gasteiger partial charge in [-0.3, -0.25) is 0 Å². The molecule has 7 heteroatoms. The Bertz CT molecular complexity index is 617. The SMILES string of the molecule is Cc1nc(NN)cc(Nc2cc(F)c(Br)cc2C)n1. The fraction of sp³-hybridized carbons (Fsp3) is 0.167. The minimum atomic E-state index is -0.337. The van der Waals surface area contributed by atoms with E-state index in [0.717, 1.165) is 5.56 Å². The quantitative estimate of drug-likeness (QED) is 0.597. The van der Waals surface area contributed by atoms with Gasteiger partial charge in [0.15, 0.2) is 0 Å². The van der Waals surface area contributed by atoms with Crippen molar-refractivity contribution in [3.63, 3.8) is 0 Å². The maximum absolute atomic E-state index is 13.5. The normalized spacial score (nSPS) is 10.4. The van der Waals surface area contributed by atoms with Crippen molar-refractivity contribution in [2.45, 2.75) is 13.8 Å². The Labute approximate surface area is 118 Å². The highest BCUT2D eigenvalue weighted by atomic mass is 79.9. The molecule has 0 spiro atoms. The highest BCUT2D eigenvalue weighted by Crippen LogP contribution is 2.26. The Hall–Kier alpha value is -1.73. The number of nitrogens with zero attached hydrogens (tertiary/aromatic N) is 2. The maximum atomic E-state index is 13.5. The van der Waals surface area contributed by atoms with Crippen LogP contribution in [-0.2, 0) is 0 Å². The first kappa shape index (κ1) is 13.7. The van der Waals surface area contributed by atoms with E-state index >= 15 is 0 Å². The number of halogens is 2. The van der Waals surface area contributed by atoms with Crippen LogP contribution in [0.3, 0.4) is 0 Å². The Morgan fingerprint density at radius 3 is 2.53 bits per heavy atom. The van der Waals surface area contributed by atoms with Crippen molar-refractivity contribution in [2.24, 2.45) is 5.84 Å². The van der Waals surface area contributed by atoms with Crippen LogP contribution in [0, 0.1) is 19.7 Å². The van der Waals surface area contributed by atoms with E-state index in [0.29, 0.717) is 27.6 Å². The molecule has 19 heavy (non-hydrogen) atoms. The molecule has 2 aromatic rings. The molecule has 1 heterocycles. The summed E-state index contributed by atoms with van der Waals surface area (Å²) in [6.07, 6.45) is 0. The van der Waals surface area contributed by atoms with Gasteiger partial charge in [0.05, 0.1) is 4.47 Å². The van der Waals surface area contributed by atoms with Crippen LogP contribution >= 0.6 is 15.9 Å². The molecular formula is C12H13BrFN5. The number of rotatable bonds is 3. The molecule has 5 nitrogen and oxygen atoms in total. The average Bonchev–Trinajstić information content (AvgIpc) is 2.35. The van der Waals surface area contributed by atoms with E-state index < -0.39 is 0 Å². The van der Waals surface area contributed by atoms with Crippen molar-refractivity contribution in [1.82, 2.24) is 9.97 Å². The van der Waals surface area contributed by atoms with Crippen molar-refractivity contribution in [2.75, 3.05) is 10.7 Å². The molecule has 100 valence electrons. The zero-order valence-electron chi connectivity index (χ0n) is 10.5. The van der Waals surface area contributed by atoms with Gasteiger partial charge >= 0.3 is 0 Å². The summed E-state index contributed by atoms with van der Waals surface area (Å²) in [5.74, 6) is 6.58. The second kappa shape index (κ2) is 5.50. The number of nitrogen functional groups attached to an aromatic ring is 1. The minimum Gasteiger partial charge on any atom is -0.340 e. The van der Waals surface area contributed by atoms with Gasteiger partial charge in [-0.05, 0) is 47.5 Å². The highest BCUT2D eigenvalue weighted by Gasteiger charge is 2.07. The number of nitrogens with one attached hydrogen (secondary N) is 2. The van der Waals surface area contributed by atoms with E-state index in [4.69, 9.17) is 5.84 Å². The van der Waals surface area contributed by atoms with E-state index in [-0.39, 0.29) is 5.82 Å². The van der Waals surface area contributed by atoms with E-state index in [9.17, 15) is 4.39 Å². The zero-order valence-corrected chi connectivity index (χ0v) is 12.0. The summed E-state index contributed by atoms with van der Waals surface area (Å²) in [6.45, 7) is 3.63. The standard InChI is InChI=1S/C12H13BrFN5/c1-6-3-8(13)9(14)4-10(6)18-11-5-12(19-15)17-7(2)16-11/h3-5H,15H2,1-2H3,(H2,16,17,18,19). The lowest BCUT2D eigenvalue weighted by Crippen LogP contribution is -2.10. The number of aryl methyl sites for hydroxylation is 2. The van der Waals surface area contributed by atoms with Gasteiger partial charge in [0, 0.05) is 11.8 Å². The van der Waals surface area contributed by atoms with Gasteiger partial charge in [-0.15, -0.1) is 0 Å². The van der Waals surface area contributed by atoms with E-state index in [2.05, 4.69) is 36.6 Å². The molecule has 0 saturated heterocycles. The van der Waals surface area contributed by atoms with Gasteiger partial charge in [-0.25, -0.2) is 20.2 Å². The summed E-state index contributed by atoms with van der Waals surface area (Å²) in [5, 5.41) is 3.05. The van der Waals surface area contributed by atoms with E-state index in [1.54, 1.807) is 19.1 Å². The van der Waals surface area contributed by atoms with Gasteiger partial charge in [0.25, 0.3) is 0 Å². The van der Waals surface area contributed by atoms with Gasteiger partial charge in [0.1, 0.15) is 23.3 Å². The van der Waals surface area contributed by atoms with Crippen LogP contribution in [0.5, 0.6) is 0 Å². The number of hydrogen-bond acceptors (Lipinski definition) is 5. The molecule has 0 aliphatic carbocycles. The third-order valence-corrected chi connectivity index (χ3v) is 3.12. The van der Waals surface area contributed by atoms with Crippen molar-refractivity contribution in [3.8, 4) is 0 Å². The number of nitrogens with two attached hydrogens (primary N) is 1. The number of benzene rings is 1. The van der Waals surface area contributed by atoms with Crippen molar-refractivity contribution in [1.29, 1.82) is 0 Å². The molecule has 0 saturated carbocycles. The molecular weight excluding hydrogens is 313 g/mol. The van der Waals surface area contributed by atoms with Crippen LogP contribution in [0.25, 0.3) is 0 Å². The zero-order chi connectivity index (χ0) is 14.0. The molecule has 0 aliphatic heterocycles. The summed E-state index contributed by atoms with van der Waals surface area (Å²) in [4.78, 5) is 8.30. The highest BCUT2D eigenvalue weighted by molar-refractivity contribution is 9.10. The Kier molecular flexibility index (Phi) is 3.96. The Balaban J connectivity index is 2.36. The Morgan fingerprint density at radius 2 is 1.84 bits per heavy atom. The maximum Gasteiger partial charge on any atom is 0.145 e. The van der Waals surface area contributed by atoms with Crippen molar-refractivity contribution >= 4 is 33.3 Å². The topological polar surface area (TPSA) is 75.9 Å². The molecule has 1 aromatic heterocycles. The van der Waals surface area contributed by atoms with Crippen LogP contribution in [0.4, 0.5) is 21.7 Å². The van der Waals surface area contributed by atoms with E-state index in [1.807, 2.05) is 6.92 Å². The third-order valence-electron chi connectivity index (χ3n) is 2.52. The van der Waals surface area contributed by atoms with Gasteiger partial charge in [0.2, 0.25) is 0 Å². The van der Waals surface area contributed by atoms with Crippen LogP contribution in [0.1, 0.15) is 11.4 Å².